The smallest absolute Gasteiger partial charge is 0.151 e. The first-order valence-corrected chi connectivity index (χ1v) is 10.5. The van der Waals surface area contributed by atoms with Crippen LogP contribution < -0.4 is 5.32 Å². The molecular formula is C21H21Cl2N5. The van der Waals surface area contributed by atoms with Crippen LogP contribution >= 0.6 is 23.2 Å². The fraction of sp³-hybridized carbons (Fsp3) is 0.381. The van der Waals surface area contributed by atoms with Gasteiger partial charge in [0.2, 0.25) is 0 Å². The molecule has 0 saturated heterocycles. The predicted octanol–water partition coefficient (Wildman–Crippen LogP) is 5.01. The Bertz CT molecular complexity index is 1010. The molecule has 3 heterocycles. The number of fused-ring (bicyclic) bond motifs is 3. The van der Waals surface area contributed by atoms with Gasteiger partial charge in [0.05, 0.1) is 12.2 Å². The number of hydrogen-bond donors (Lipinski definition) is 1. The van der Waals surface area contributed by atoms with Crippen LogP contribution in [0.25, 0.3) is 5.69 Å². The van der Waals surface area contributed by atoms with Gasteiger partial charge < -0.3 is 5.32 Å². The molecule has 1 fully saturated rings. The summed E-state index contributed by atoms with van der Waals surface area (Å²) in [6, 6.07) is 12.0. The summed E-state index contributed by atoms with van der Waals surface area (Å²) in [5.41, 5.74) is 3.43. The van der Waals surface area contributed by atoms with E-state index >= 15 is 0 Å². The van der Waals surface area contributed by atoms with Crippen molar-refractivity contribution in [2.24, 2.45) is 0 Å². The summed E-state index contributed by atoms with van der Waals surface area (Å²) in [5, 5.41) is 13.9. The standard InChI is InChI=1S/C21H21Cl2N5/c22-16-8-9-18-15(10-16)11-24-12-20-26-27-21(28(18)20)14-6-4-13(5-7-14)17-2-1-3-19(23)25-17/h1-3,8-10,13-14,24H,4-7,11-12H2. The van der Waals surface area contributed by atoms with Gasteiger partial charge in [0, 0.05) is 29.1 Å². The Balaban J connectivity index is 1.42. The molecule has 2 aromatic heterocycles. The van der Waals surface area contributed by atoms with Gasteiger partial charge >= 0.3 is 0 Å². The zero-order valence-corrected chi connectivity index (χ0v) is 16.9. The van der Waals surface area contributed by atoms with Gasteiger partial charge in [0.25, 0.3) is 0 Å². The Hall–Kier alpha value is -1.95. The lowest BCUT2D eigenvalue weighted by Gasteiger charge is -2.28. The molecule has 28 heavy (non-hydrogen) atoms. The molecule has 7 heteroatoms. The fourth-order valence-electron chi connectivity index (χ4n) is 4.49. The molecule has 5 nitrogen and oxygen atoms in total. The number of nitrogens with one attached hydrogen (secondary N) is 1. The predicted molar refractivity (Wildman–Crippen MR) is 110 cm³/mol. The Kier molecular flexibility index (Phi) is 4.83. The van der Waals surface area contributed by atoms with E-state index in [1.165, 1.54) is 5.56 Å². The molecule has 0 bridgehead atoms. The van der Waals surface area contributed by atoms with Gasteiger partial charge in [0.1, 0.15) is 11.0 Å². The lowest BCUT2D eigenvalue weighted by molar-refractivity contribution is 0.377. The third-order valence-corrected chi connectivity index (χ3v) is 6.33. The SMILES string of the molecule is Clc1ccc2c(c1)CNCc1nnc(C3CCC(c4cccc(Cl)n4)CC3)n1-2. The van der Waals surface area contributed by atoms with Crippen LogP contribution in [0.2, 0.25) is 10.2 Å². The molecule has 0 spiro atoms. The minimum atomic E-state index is 0.401. The average Bonchev–Trinajstić information content (AvgIpc) is 3.04. The molecule has 1 aromatic carbocycles. The lowest BCUT2D eigenvalue weighted by Crippen LogP contribution is -2.17. The van der Waals surface area contributed by atoms with Crippen LogP contribution in [-0.4, -0.2) is 19.7 Å². The second-order valence-electron chi connectivity index (χ2n) is 7.62. The number of benzene rings is 1. The second kappa shape index (κ2) is 7.47. The topological polar surface area (TPSA) is 55.6 Å². The monoisotopic (exact) mass is 413 g/mol. The van der Waals surface area contributed by atoms with E-state index in [1.54, 1.807) is 0 Å². The minimum Gasteiger partial charge on any atom is -0.306 e. The Morgan fingerprint density at radius 2 is 1.75 bits per heavy atom. The number of hydrogen-bond acceptors (Lipinski definition) is 4. The summed E-state index contributed by atoms with van der Waals surface area (Å²) in [7, 11) is 0. The van der Waals surface area contributed by atoms with Crippen molar-refractivity contribution in [3.05, 3.63) is 69.5 Å². The molecule has 2 aliphatic rings. The number of nitrogens with zero attached hydrogens (tertiary/aromatic N) is 4. The van der Waals surface area contributed by atoms with Crippen molar-refractivity contribution in [1.82, 2.24) is 25.1 Å². The highest BCUT2D eigenvalue weighted by atomic mass is 35.5. The van der Waals surface area contributed by atoms with E-state index in [1.807, 2.05) is 24.3 Å². The van der Waals surface area contributed by atoms with E-state index in [2.05, 4.69) is 37.2 Å². The number of pyridine rings is 1. The number of halogens is 2. The highest BCUT2D eigenvalue weighted by Crippen LogP contribution is 2.40. The van der Waals surface area contributed by atoms with Crippen LogP contribution in [0.1, 0.15) is 60.4 Å². The average molecular weight is 414 g/mol. The van der Waals surface area contributed by atoms with Crippen molar-refractivity contribution in [3.8, 4) is 5.69 Å². The molecule has 1 aliphatic heterocycles. The van der Waals surface area contributed by atoms with Crippen LogP contribution in [0.4, 0.5) is 0 Å². The van der Waals surface area contributed by atoms with Crippen LogP contribution in [0, 0.1) is 0 Å². The molecule has 0 radical (unpaired) electrons. The maximum Gasteiger partial charge on any atom is 0.151 e. The van der Waals surface area contributed by atoms with Gasteiger partial charge in [-0.05, 0) is 61.6 Å². The van der Waals surface area contributed by atoms with E-state index in [9.17, 15) is 0 Å². The quantitative estimate of drug-likeness (QED) is 0.599. The van der Waals surface area contributed by atoms with E-state index in [4.69, 9.17) is 23.2 Å². The van der Waals surface area contributed by atoms with Gasteiger partial charge in [-0.15, -0.1) is 10.2 Å². The second-order valence-corrected chi connectivity index (χ2v) is 8.44. The van der Waals surface area contributed by atoms with Crippen molar-refractivity contribution in [3.63, 3.8) is 0 Å². The molecule has 1 aliphatic carbocycles. The van der Waals surface area contributed by atoms with Crippen LogP contribution in [0.3, 0.4) is 0 Å². The molecule has 1 N–H and O–H groups in total. The largest absolute Gasteiger partial charge is 0.306 e. The van der Waals surface area contributed by atoms with E-state index in [-0.39, 0.29) is 0 Å². The summed E-state index contributed by atoms with van der Waals surface area (Å²) in [5.74, 6) is 2.90. The molecule has 144 valence electrons. The summed E-state index contributed by atoms with van der Waals surface area (Å²) in [6.45, 7) is 1.49. The van der Waals surface area contributed by atoms with Gasteiger partial charge in [-0.25, -0.2) is 4.98 Å². The molecule has 1 saturated carbocycles. The summed E-state index contributed by atoms with van der Waals surface area (Å²) < 4.78 is 2.24. The highest BCUT2D eigenvalue weighted by Gasteiger charge is 2.30. The molecule has 3 aromatic rings. The van der Waals surface area contributed by atoms with Crippen molar-refractivity contribution < 1.29 is 0 Å². The van der Waals surface area contributed by atoms with E-state index < -0.39 is 0 Å². The van der Waals surface area contributed by atoms with Gasteiger partial charge in [-0.1, -0.05) is 29.3 Å². The zero-order valence-electron chi connectivity index (χ0n) is 15.4. The lowest BCUT2D eigenvalue weighted by atomic mass is 9.80. The van der Waals surface area contributed by atoms with E-state index in [0.717, 1.165) is 60.3 Å². The molecule has 0 amide bonds. The summed E-state index contributed by atoms with van der Waals surface area (Å²) >= 11 is 12.3. The van der Waals surface area contributed by atoms with Gasteiger partial charge in [0.15, 0.2) is 5.82 Å². The van der Waals surface area contributed by atoms with Gasteiger partial charge in [-0.3, -0.25) is 4.57 Å². The van der Waals surface area contributed by atoms with Crippen molar-refractivity contribution in [2.45, 2.75) is 50.6 Å². The van der Waals surface area contributed by atoms with Crippen molar-refractivity contribution >= 4 is 23.2 Å². The Morgan fingerprint density at radius 3 is 2.57 bits per heavy atom. The van der Waals surface area contributed by atoms with Crippen molar-refractivity contribution in [1.29, 1.82) is 0 Å². The Labute approximate surface area is 174 Å². The Morgan fingerprint density at radius 1 is 0.929 bits per heavy atom. The maximum absolute atomic E-state index is 6.22. The van der Waals surface area contributed by atoms with Crippen LogP contribution in [0.15, 0.2) is 36.4 Å². The van der Waals surface area contributed by atoms with Crippen LogP contribution in [-0.2, 0) is 13.1 Å². The molecule has 0 atom stereocenters. The first kappa shape index (κ1) is 18.1. The third-order valence-electron chi connectivity index (χ3n) is 5.88. The third kappa shape index (κ3) is 3.32. The van der Waals surface area contributed by atoms with Crippen molar-refractivity contribution in [2.75, 3.05) is 0 Å². The molecule has 5 rings (SSSR count). The fourth-order valence-corrected chi connectivity index (χ4v) is 4.86. The number of rotatable bonds is 2. The normalized spacial score (nSPS) is 21.6. The highest BCUT2D eigenvalue weighted by molar-refractivity contribution is 6.30. The number of aromatic nitrogens is 4. The van der Waals surface area contributed by atoms with Gasteiger partial charge in [-0.2, -0.15) is 0 Å². The summed E-state index contributed by atoms with van der Waals surface area (Å²) in [4.78, 5) is 4.52. The van der Waals surface area contributed by atoms with Crippen LogP contribution in [0.5, 0.6) is 0 Å². The molecule has 0 unspecified atom stereocenters. The first-order valence-electron chi connectivity index (χ1n) is 9.75. The van der Waals surface area contributed by atoms with E-state index in [0.29, 0.717) is 23.5 Å². The first-order chi connectivity index (χ1) is 13.7. The summed E-state index contributed by atoms with van der Waals surface area (Å²) in [6.07, 6.45) is 4.33. The zero-order chi connectivity index (χ0) is 19.1. The minimum absolute atomic E-state index is 0.401. The maximum atomic E-state index is 6.22. The molecular weight excluding hydrogens is 393 g/mol.